The zero-order valence-corrected chi connectivity index (χ0v) is 14.5. The molecule has 1 heterocycles. The molecule has 7 heteroatoms. The summed E-state index contributed by atoms with van der Waals surface area (Å²) in [7, 11) is 0. The molecule has 132 valence electrons. The van der Waals surface area contributed by atoms with Gasteiger partial charge in [-0.05, 0) is 50.2 Å². The molecule has 26 heavy (non-hydrogen) atoms. The van der Waals surface area contributed by atoms with Crippen LogP contribution in [0.5, 0.6) is 0 Å². The number of nitrogens with zero attached hydrogens (tertiary/aromatic N) is 4. The second-order valence-corrected chi connectivity index (χ2v) is 5.61. The molecule has 0 saturated heterocycles. The molecule has 1 unspecified atom stereocenters. The summed E-state index contributed by atoms with van der Waals surface area (Å²) < 4.78 is 4.93. The highest BCUT2D eigenvalue weighted by Gasteiger charge is 2.34. The number of carbonyl (C=O) groups excluding carboxylic acids is 2. The van der Waals surface area contributed by atoms with Crippen LogP contribution in [0.15, 0.2) is 69.9 Å². The lowest BCUT2D eigenvalue weighted by Gasteiger charge is -2.11. The SMILES string of the molecule is CCOC(=O)c1ccc(N=NC2C(=O)N(c3ccccc3)N=C2C)cc1. The maximum Gasteiger partial charge on any atom is 0.338 e. The highest BCUT2D eigenvalue weighted by atomic mass is 16.5. The Balaban J connectivity index is 1.72. The number of hydrogen-bond donors (Lipinski definition) is 0. The van der Waals surface area contributed by atoms with Gasteiger partial charge in [0.15, 0.2) is 6.04 Å². The molecule has 0 bridgehead atoms. The molecule has 0 aromatic heterocycles. The summed E-state index contributed by atoms with van der Waals surface area (Å²) in [5.41, 5.74) is 2.24. The Kier molecular flexibility index (Phi) is 5.17. The van der Waals surface area contributed by atoms with Crippen LogP contribution in [-0.4, -0.2) is 30.2 Å². The quantitative estimate of drug-likeness (QED) is 0.608. The molecule has 3 rings (SSSR count). The Morgan fingerprint density at radius 1 is 1.15 bits per heavy atom. The number of azo groups is 1. The van der Waals surface area contributed by atoms with Crippen molar-refractivity contribution in [1.82, 2.24) is 0 Å². The molecule has 2 aromatic rings. The van der Waals surface area contributed by atoms with E-state index in [-0.39, 0.29) is 11.9 Å². The van der Waals surface area contributed by atoms with E-state index in [1.165, 1.54) is 5.01 Å². The molecular weight excluding hydrogens is 332 g/mol. The second-order valence-electron chi connectivity index (χ2n) is 5.61. The zero-order chi connectivity index (χ0) is 18.5. The molecule has 1 atom stereocenters. The van der Waals surface area contributed by atoms with Gasteiger partial charge in [-0.3, -0.25) is 4.79 Å². The Labute approximate surface area is 151 Å². The molecule has 1 amide bonds. The summed E-state index contributed by atoms with van der Waals surface area (Å²) >= 11 is 0. The number of benzene rings is 2. The lowest BCUT2D eigenvalue weighted by atomic mass is 10.2. The van der Waals surface area contributed by atoms with Crippen LogP contribution in [-0.2, 0) is 9.53 Å². The fraction of sp³-hybridized carbons (Fsp3) is 0.211. The number of hydrazone groups is 1. The van der Waals surface area contributed by atoms with E-state index in [1.54, 1.807) is 38.1 Å². The van der Waals surface area contributed by atoms with Crippen molar-refractivity contribution < 1.29 is 14.3 Å². The highest BCUT2D eigenvalue weighted by molar-refractivity contribution is 6.18. The van der Waals surface area contributed by atoms with Gasteiger partial charge in [-0.15, -0.1) is 0 Å². The third kappa shape index (κ3) is 3.66. The van der Waals surface area contributed by atoms with Gasteiger partial charge < -0.3 is 4.74 Å². The van der Waals surface area contributed by atoms with E-state index < -0.39 is 6.04 Å². The van der Waals surface area contributed by atoms with Crippen LogP contribution in [0.25, 0.3) is 0 Å². The van der Waals surface area contributed by atoms with Crippen LogP contribution in [0.4, 0.5) is 11.4 Å². The normalized spacial score (nSPS) is 16.8. The molecule has 0 aliphatic carbocycles. The highest BCUT2D eigenvalue weighted by Crippen LogP contribution is 2.23. The van der Waals surface area contributed by atoms with Gasteiger partial charge in [-0.1, -0.05) is 18.2 Å². The number of amides is 1. The number of ether oxygens (including phenoxy) is 1. The van der Waals surface area contributed by atoms with Gasteiger partial charge in [0.05, 0.1) is 29.3 Å². The van der Waals surface area contributed by atoms with Crippen LogP contribution in [0.2, 0.25) is 0 Å². The number of rotatable bonds is 5. The van der Waals surface area contributed by atoms with E-state index in [1.807, 2.05) is 30.3 Å². The monoisotopic (exact) mass is 350 g/mol. The minimum Gasteiger partial charge on any atom is -0.462 e. The van der Waals surface area contributed by atoms with E-state index in [0.29, 0.717) is 29.3 Å². The van der Waals surface area contributed by atoms with Crippen LogP contribution >= 0.6 is 0 Å². The van der Waals surface area contributed by atoms with Crippen LogP contribution < -0.4 is 5.01 Å². The van der Waals surface area contributed by atoms with Crippen molar-refractivity contribution in [3.8, 4) is 0 Å². The van der Waals surface area contributed by atoms with Gasteiger partial charge in [0, 0.05) is 0 Å². The number of para-hydroxylation sites is 1. The molecule has 0 radical (unpaired) electrons. The third-order valence-corrected chi connectivity index (χ3v) is 3.76. The van der Waals surface area contributed by atoms with E-state index in [4.69, 9.17) is 4.74 Å². The van der Waals surface area contributed by atoms with Crippen molar-refractivity contribution in [2.75, 3.05) is 11.6 Å². The first kappa shape index (κ1) is 17.5. The summed E-state index contributed by atoms with van der Waals surface area (Å²) in [6, 6.07) is 14.9. The molecule has 0 spiro atoms. The number of anilines is 1. The van der Waals surface area contributed by atoms with Gasteiger partial charge in [-0.2, -0.15) is 20.3 Å². The number of esters is 1. The number of carbonyl (C=O) groups is 2. The summed E-state index contributed by atoms with van der Waals surface area (Å²) in [4.78, 5) is 24.2. The van der Waals surface area contributed by atoms with E-state index in [9.17, 15) is 9.59 Å². The van der Waals surface area contributed by atoms with Crippen molar-refractivity contribution in [2.45, 2.75) is 19.9 Å². The Bertz CT molecular complexity index is 860. The summed E-state index contributed by atoms with van der Waals surface area (Å²) in [6.45, 7) is 3.82. The van der Waals surface area contributed by atoms with E-state index in [2.05, 4.69) is 15.3 Å². The summed E-state index contributed by atoms with van der Waals surface area (Å²) in [6.07, 6.45) is 0. The molecule has 2 aromatic carbocycles. The van der Waals surface area contributed by atoms with Crippen molar-refractivity contribution in [2.24, 2.45) is 15.3 Å². The topological polar surface area (TPSA) is 83.7 Å². The first-order valence-electron chi connectivity index (χ1n) is 8.22. The fourth-order valence-electron chi connectivity index (χ4n) is 2.45. The Morgan fingerprint density at radius 3 is 2.50 bits per heavy atom. The van der Waals surface area contributed by atoms with Gasteiger partial charge in [-0.25, -0.2) is 4.79 Å². The van der Waals surface area contributed by atoms with Crippen LogP contribution in [0, 0.1) is 0 Å². The average molecular weight is 350 g/mol. The van der Waals surface area contributed by atoms with Crippen molar-refractivity contribution in [3.05, 3.63) is 60.2 Å². The lowest BCUT2D eigenvalue weighted by Crippen LogP contribution is -2.29. The third-order valence-electron chi connectivity index (χ3n) is 3.76. The first-order chi connectivity index (χ1) is 12.6. The smallest absolute Gasteiger partial charge is 0.338 e. The average Bonchev–Trinajstić information content (AvgIpc) is 2.95. The largest absolute Gasteiger partial charge is 0.462 e. The molecule has 0 fully saturated rings. The minimum absolute atomic E-state index is 0.249. The molecule has 0 N–H and O–H groups in total. The van der Waals surface area contributed by atoms with E-state index >= 15 is 0 Å². The molecule has 1 aliphatic rings. The van der Waals surface area contributed by atoms with Crippen molar-refractivity contribution >= 4 is 29.0 Å². The van der Waals surface area contributed by atoms with Crippen LogP contribution in [0.1, 0.15) is 24.2 Å². The zero-order valence-electron chi connectivity index (χ0n) is 14.5. The van der Waals surface area contributed by atoms with E-state index in [0.717, 1.165) is 0 Å². The molecular formula is C19H18N4O3. The first-order valence-corrected chi connectivity index (χ1v) is 8.22. The maximum absolute atomic E-state index is 12.5. The van der Waals surface area contributed by atoms with Crippen molar-refractivity contribution in [3.63, 3.8) is 0 Å². The maximum atomic E-state index is 12.5. The van der Waals surface area contributed by atoms with Gasteiger partial charge >= 0.3 is 5.97 Å². The van der Waals surface area contributed by atoms with Gasteiger partial charge in [0.25, 0.3) is 5.91 Å². The molecule has 1 aliphatic heterocycles. The lowest BCUT2D eigenvalue weighted by molar-refractivity contribution is -0.117. The fourth-order valence-corrected chi connectivity index (χ4v) is 2.45. The number of hydrogen-bond acceptors (Lipinski definition) is 6. The Hall–Kier alpha value is -3.35. The molecule has 7 nitrogen and oxygen atoms in total. The Morgan fingerprint density at radius 2 is 1.85 bits per heavy atom. The van der Waals surface area contributed by atoms with Crippen molar-refractivity contribution in [1.29, 1.82) is 0 Å². The predicted octanol–water partition coefficient (Wildman–Crippen LogP) is 3.74. The van der Waals surface area contributed by atoms with Gasteiger partial charge in [0.1, 0.15) is 0 Å². The predicted molar refractivity (Wildman–Crippen MR) is 97.7 cm³/mol. The van der Waals surface area contributed by atoms with Crippen LogP contribution in [0.3, 0.4) is 0 Å². The standard InChI is InChI=1S/C19H18N4O3/c1-3-26-19(25)14-9-11-15(12-10-14)20-21-17-13(2)22-23(18(17)24)16-7-5-4-6-8-16/h4-12,17H,3H2,1-2H3. The second kappa shape index (κ2) is 7.69. The summed E-state index contributed by atoms with van der Waals surface area (Å²) in [5, 5.41) is 13.8. The van der Waals surface area contributed by atoms with Gasteiger partial charge in [0.2, 0.25) is 0 Å². The minimum atomic E-state index is -0.750. The summed E-state index contributed by atoms with van der Waals surface area (Å²) in [5.74, 6) is -0.635. The molecule has 0 saturated carbocycles.